The van der Waals surface area contributed by atoms with Gasteiger partial charge in [0.15, 0.2) is 0 Å². The third kappa shape index (κ3) is 11.2. The SMILES string of the molecule is CCCC[Se]/C=C(/CN(C)C)[Se]CCCC. The van der Waals surface area contributed by atoms with Crippen molar-refractivity contribution in [1.29, 1.82) is 0 Å². The molecule has 0 aromatic carbocycles. The van der Waals surface area contributed by atoms with Crippen LogP contribution in [0.3, 0.4) is 0 Å². The van der Waals surface area contributed by atoms with E-state index in [0.29, 0.717) is 0 Å². The fraction of sp³-hybridized carbons (Fsp3) is 0.846. The summed E-state index contributed by atoms with van der Waals surface area (Å²) in [6.45, 7) is 5.76. The van der Waals surface area contributed by atoms with Crippen molar-refractivity contribution in [3.05, 3.63) is 9.45 Å². The average Bonchev–Trinajstić information content (AvgIpc) is 2.23. The van der Waals surface area contributed by atoms with Crippen LogP contribution in [-0.4, -0.2) is 55.5 Å². The predicted molar refractivity (Wildman–Crippen MR) is 77.6 cm³/mol. The predicted octanol–water partition coefficient (Wildman–Crippen LogP) is 3.23. The van der Waals surface area contributed by atoms with Crippen LogP contribution < -0.4 is 0 Å². The van der Waals surface area contributed by atoms with Crippen LogP contribution in [0.25, 0.3) is 0 Å². The molecule has 0 atom stereocenters. The molecule has 0 aliphatic rings. The summed E-state index contributed by atoms with van der Waals surface area (Å²) < 4.78 is 1.74. The van der Waals surface area contributed by atoms with E-state index in [1.807, 2.05) is 0 Å². The zero-order chi connectivity index (χ0) is 12.2. The monoisotopic (exact) mass is 357 g/mol. The molecule has 0 aromatic rings. The molecule has 0 aliphatic carbocycles. The van der Waals surface area contributed by atoms with Gasteiger partial charge in [-0.3, -0.25) is 0 Å². The van der Waals surface area contributed by atoms with E-state index in [-0.39, 0.29) is 0 Å². The standard InChI is InChI=1S/C13H27NSe2/c1-5-7-9-15-12-13(11-14(3)4)16-10-8-6-2/h12H,5-11H2,1-4H3/b13-12-. The Morgan fingerprint density at radius 1 is 1.06 bits per heavy atom. The maximum atomic E-state index is 2.58. The molecule has 0 saturated heterocycles. The van der Waals surface area contributed by atoms with Crippen LogP contribution in [0, 0.1) is 0 Å². The molecule has 0 rings (SSSR count). The Kier molecular flexibility index (Phi) is 12.8. The molecule has 16 heavy (non-hydrogen) atoms. The second kappa shape index (κ2) is 12.2. The van der Waals surface area contributed by atoms with E-state index in [0.717, 1.165) is 29.9 Å². The minimum atomic E-state index is 0.758. The van der Waals surface area contributed by atoms with Crippen molar-refractivity contribution in [3.8, 4) is 0 Å². The second-order valence-electron chi connectivity index (χ2n) is 4.25. The Labute approximate surface area is 115 Å². The fourth-order valence-corrected chi connectivity index (χ4v) is 6.72. The molecule has 0 N–H and O–H groups in total. The van der Waals surface area contributed by atoms with Crippen molar-refractivity contribution < 1.29 is 0 Å². The zero-order valence-corrected chi connectivity index (χ0v) is 14.7. The first-order valence-corrected chi connectivity index (χ1v) is 10.6. The van der Waals surface area contributed by atoms with E-state index >= 15 is 0 Å². The van der Waals surface area contributed by atoms with E-state index in [1.165, 1.54) is 42.9 Å². The number of nitrogens with zero attached hydrogens (tertiary/aromatic N) is 1. The van der Waals surface area contributed by atoms with Gasteiger partial charge in [0, 0.05) is 0 Å². The summed E-state index contributed by atoms with van der Waals surface area (Å²) in [5.41, 5.74) is 0. The maximum absolute atomic E-state index is 2.58. The van der Waals surface area contributed by atoms with Gasteiger partial charge in [-0.2, -0.15) is 0 Å². The first-order chi connectivity index (χ1) is 7.70. The second-order valence-corrected chi connectivity index (χ2v) is 8.86. The molecule has 0 heterocycles. The van der Waals surface area contributed by atoms with Gasteiger partial charge in [0.25, 0.3) is 0 Å². The summed E-state index contributed by atoms with van der Waals surface area (Å²) in [6, 6.07) is 0. The molecule has 0 aromatic heterocycles. The molecule has 0 spiro atoms. The van der Waals surface area contributed by atoms with Gasteiger partial charge in [-0.25, -0.2) is 0 Å². The van der Waals surface area contributed by atoms with E-state index in [1.54, 1.807) is 4.47 Å². The molecule has 1 nitrogen and oxygen atoms in total. The Morgan fingerprint density at radius 3 is 2.25 bits per heavy atom. The molecule has 0 aliphatic heterocycles. The summed E-state index contributed by atoms with van der Waals surface area (Å²) in [5.74, 6) is 0. The summed E-state index contributed by atoms with van der Waals surface area (Å²) >= 11 is 1.52. The van der Waals surface area contributed by atoms with Crippen LogP contribution in [0.2, 0.25) is 10.6 Å². The van der Waals surface area contributed by atoms with E-state index in [4.69, 9.17) is 0 Å². The van der Waals surface area contributed by atoms with E-state index in [9.17, 15) is 0 Å². The number of unbranched alkanes of at least 4 members (excludes halogenated alkanes) is 2. The Bertz CT molecular complexity index is 179. The third-order valence-corrected chi connectivity index (χ3v) is 7.22. The fourth-order valence-electron chi connectivity index (χ4n) is 1.16. The number of likely N-dealkylation sites (N-methyl/N-ethyl adjacent to an activating group) is 1. The van der Waals surface area contributed by atoms with Gasteiger partial charge in [0.1, 0.15) is 0 Å². The van der Waals surface area contributed by atoms with Crippen molar-refractivity contribution in [2.45, 2.75) is 50.2 Å². The summed E-state index contributed by atoms with van der Waals surface area (Å²) in [7, 11) is 4.37. The van der Waals surface area contributed by atoms with Gasteiger partial charge in [0.05, 0.1) is 0 Å². The van der Waals surface area contributed by atoms with Crippen molar-refractivity contribution >= 4 is 29.9 Å². The van der Waals surface area contributed by atoms with Gasteiger partial charge in [-0.05, 0) is 0 Å². The van der Waals surface area contributed by atoms with Crippen molar-refractivity contribution in [2.24, 2.45) is 0 Å². The van der Waals surface area contributed by atoms with Crippen LogP contribution in [0.4, 0.5) is 0 Å². The van der Waals surface area contributed by atoms with Crippen molar-refractivity contribution in [1.82, 2.24) is 4.90 Å². The Balaban J connectivity index is 3.87. The molecule has 0 unspecified atom stereocenters. The first kappa shape index (κ1) is 16.7. The van der Waals surface area contributed by atoms with Crippen LogP contribution >= 0.6 is 0 Å². The summed E-state index contributed by atoms with van der Waals surface area (Å²) in [4.78, 5) is 4.90. The van der Waals surface area contributed by atoms with Crippen LogP contribution in [0.1, 0.15) is 39.5 Å². The topological polar surface area (TPSA) is 3.24 Å². The molecule has 0 saturated carbocycles. The normalized spacial score (nSPS) is 12.4. The van der Waals surface area contributed by atoms with E-state index in [2.05, 4.69) is 37.8 Å². The quantitative estimate of drug-likeness (QED) is 0.430. The molecule has 0 fully saturated rings. The van der Waals surface area contributed by atoms with Crippen LogP contribution in [0.5, 0.6) is 0 Å². The van der Waals surface area contributed by atoms with Gasteiger partial charge < -0.3 is 0 Å². The third-order valence-electron chi connectivity index (χ3n) is 2.09. The van der Waals surface area contributed by atoms with Gasteiger partial charge in [0.2, 0.25) is 0 Å². The number of rotatable bonds is 10. The van der Waals surface area contributed by atoms with Crippen molar-refractivity contribution in [2.75, 3.05) is 20.6 Å². The molecular weight excluding hydrogens is 328 g/mol. The minimum absolute atomic E-state index is 0.758. The average molecular weight is 355 g/mol. The summed E-state index contributed by atoms with van der Waals surface area (Å²) in [5, 5.41) is 2.87. The molecule has 0 amide bonds. The van der Waals surface area contributed by atoms with Crippen molar-refractivity contribution in [3.63, 3.8) is 0 Å². The van der Waals surface area contributed by atoms with Gasteiger partial charge in [-0.1, -0.05) is 0 Å². The van der Waals surface area contributed by atoms with Gasteiger partial charge >= 0.3 is 115 Å². The summed E-state index contributed by atoms with van der Waals surface area (Å²) in [6.07, 6.45) is 5.51. The zero-order valence-electron chi connectivity index (χ0n) is 11.3. The molecular formula is C13H27NSe2. The molecule has 0 radical (unpaired) electrons. The first-order valence-electron chi connectivity index (χ1n) is 6.28. The molecule has 0 bridgehead atoms. The Morgan fingerprint density at radius 2 is 1.69 bits per heavy atom. The van der Waals surface area contributed by atoms with Gasteiger partial charge in [-0.15, -0.1) is 0 Å². The molecule has 3 heteroatoms. The molecule has 96 valence electrons. The van der Waals surface area contributed by atoms with Crippen LogP contribution in [-0.2, 0) is 0 Å². The van der Waals surface area contributed by atoms with Crippen LogP contribution in [0.15, 0.2) is 9.45 Å². The number of hydrogen-bond donors (Lipinski definition) is 0. The Hall–Kier alpha value is 0.739. The number of hydrogen-bond acceptors (Lipinski definition) is 1. The van der Waals surface area contributed by atoms with E-state index < -0.39 is 0 Å².